The van der Waals surface area contributed by atoms with E-state index in [1.54, 1.807) is 0 Å². The van der Waals surface area contributed by atoms with Crippen molar-refractivity contribution in [3.8, 4) is 0 Å². The quantitative estimate of drug-likeness (QED) is 0.597. The van der Waals surface area contributed by atoms with Crippen LogP contribution in [0.25, 0.3) is 0 Å². The van der Waals surface area contributed by atoms with Gasteiger partial charge in [0.15, 0.2) is 0 Å². The molecule has 0 amide bonds. The average Bonchev–Trinajstić information content (AvgIpc) is 3.15. The summed E-state index contributed by atoms with van der Waals surface area (Å²) in [7, 11) is 0. The fraction of sp³-hybridized carbons (Fsp3) is 0.273. The van der Waals surface area contributed by atoms with Gasteiger partial charge in [-0.25, -0.2) is 14.2 Å². The molecule has 1 aliphatic heterocycles. The zero-order valence-corrected chi connectivity index (χ0v) is 17.1. The van der Waals surface area contributed by atoms with E-state index in [1.807, 2.05) is 60.5 Å². The number of carboxylic acids is 1. The van der Waals surface area contributed by atoms with Crippen molar-refractivity contribution in [2.24, 2.45) is 0 Å². The SMILES string of the molecule is Cc1ccc(Cn2c(NN3CCc4ccccc43)nc(=O)n(CCC(=O)O)c2=O)cc1. The molecule has 2 N–H and O–H groups in total. The van der Waals surface area contributed by atoms with Crippen LogP contribution in [0.2, 0.25) is 0 Å². The first-order valence-electron chi connectivity index (χ1n) is 10.0. The molecule has 0 spiro atoms. The van der Waals surface area contributed by atoms with Crippen LogP contribution in [0.4, 0.5) is 11.6 Å². The van der Waals surface area contributed by atoms with Crippen molar-refractivity contribution >= 4 is 17.6 Å². The van der Waals surface area contributed by atoms with E-state index in [2.05, 4.69) is 10.4 Å². The number of rotatable bonds is 7. The van der Waals surface area contributed by atoms with Crippen LogP contribution in [-0.2, 0) is 24.3 Å². The Morgan fingerprint density at radius 1 is 1.10 bits per heavy atom. The number of aryl methyl sites for hydroxylation is 1. The lowest BCUT2D eigenvalue weighted by Gasteiger charge is -2.23. The Labute approximate surface area is 178 Å². The van der Waals surface area contributed by atoms with Crippen LogP contribution in [0.5, 0.6) is 0 Å². The summed E-state index contributed by atoms with van der Waals surface area (Å²) in [6, 6.07) is 15.6. The molecule has 31 heavy (non-hydrogen) atoms. The second kappa shape index (κ2) is 8.47. The summed E-state index contributed by atoms with van der Waals surface area (Å²) in [6.07, 6.45) is 0.495. The third-order valence-corrected chi connectivity index (χ3v) is 5.28. The van der Waals surface area contributed by atoms with Crippen LogP contribution in [-0.4, -0.2) is 31.7 Å². The van der Waals surface area contributed by atoms with Gasteiger partial charge < -0.3 is 5.11 Å². The first kappa shape index (κ1) is 20.4. The zero-order chi connectivity index (χ0) is 22.0. The Morgan fingerprint density at radius 3 is 2.58 bits per heavy atom. The summed E-state index contributed by atoms with van der Waals surface area (Å²) in [5.74, 6) is -0.967. The standard InChI is InChI=1S/C22H23N5O4/c1-15-6-8-16(9-7-15)14-26-20(23-21(30)25(22(26)31)12-11-19(28)29)24-27-13-10-17-4-2-3-5-18(17)27/h2-9H,10-14H2,1H3,(H,28,29)(H,23,24,30). The molecule has 0 saturated carbocycles. The van der Waals surface area contributed by atoms with E-state index < -0.39 is 17.3 Å². The Bertz CT molecular complexity index is 1230. The first-order chi connectivity index (χ1) is 14.9. The molecule has 0 atom stereocenters. The van der Waals surface area contributed by atoms with Crippen molar-refractivity contribution in [2.75, 3.05) is 17.0 Å². The fourth-order valence-electron chi connectivity index (χ4n) is 3.61. The molecule has 2 heterocycles. The molecule has 160 valence electrons. The molecular formula is C22H23N5O4. The number of para-hydroxylation sites is 1. The normalized spacial score (nSPS) is 12.6. The van der Waals surface area contributed by atoms with Crippen molar-refractivity contribution in [1.82, 2.24) is 14.1 Å². The minimum atomic E-state index is -1.09. The van der Waals surface area contributed by atoms with E-state index >= 15 is 0 Å². The number of hydrogen-bond acceptors (Lipinski definition) is 6. The van der Waals surface area contributed by atoms with E-state index in [9.17, 15) is 14.4 Å². The Hall–Kier alpha value is -3.88. The predicted octanol–water partition coefficient (Wildman–Crippen LogP) is 1.63. The predicted molar refractivity (Wildman–Crippen MR) is 116 cm³/mol. The van der Waals surface area contributed by atoms with Gasteiger partial charge in [-0.3, -0.25) is 19.8 Å². The number of aliphatic carboxylic acids is 1. The third-order valence-electron chi connectivity index (χ3n) is 5.28. The molecule has 0 radical (unpaired) electrons. The maximum absolute atomic E-state index is 13.1. The van der Waals surface area contributed by atoms with Crippen LogP contribution >= 0.6 is 0 Å². The Balaban J connectivity index is 1.74. The van der Waals surface area contributed by atoms with Crippen LogP contribution in [0, 0.1) is 6.92 Å². The van der Waals surface area contributed by atoms with Gasteiger partial charge in [-0.1, -0.05) is 48.0 Å². The topological polar surface area (TPSA) is 109 Å². The number of hydrazine groups is 1. The molecule has 2 aromatic carbocycles. The number of nitrogens with zero attached hydrogens (tertiary/aromatic N) is 4. The fourth-order valence-corrected chi connectivity index (χ4v) is 3.61. The van der Waals surface area contributed by atoms with Crippen molar-refractivity contribution in [3.05, 3.63) is 86.2 Å². The summed E-state index contributed by atoms with van der Waals surface area (Å²) in [5, 5.41) is 10.8. The van der Waals surface area contributed by atoms with Crippen molar-refractivity contribution in [2.45, 2.75) is 32.9 Å². The highest BCUT2D eigenvalue weighted by Gasteiger charge is 2.22. The molecule has 0 saturated heterocycles. The highest BCUT2D eigenvalue weighted by Crippen LogP contribution is 2.27. The first-order valence-corrected chi connectivity index (χ1v) is 10.0. The van der Waals surface area contributed by atoms with Gasteiger partial charge >= 0.3 is 17.3 Å². The molecule has 0 bridgehead atoms. The van der Waals surface area contributed by atoms with E-state index in [1.165, 1.54) is 4.57 Å². The summed E-state index contributed by atoms with van der Waals surface area (Å²) < 4.78 is 2.24. The highest BCUT2D eigenvalue weighted by molar-refractivity contribution is 5.66. The molecule has 0 unspecified atom stereocenters. The lowest BCUT2D eigenvalue weighted by atomic mass is 10.1. The smallest absolute Gasteiger partial charge is 0.354 e. The van der Waals surface area contributed by atoms with Crippen LogP contribution in [0.3, 0.4) is 0 Å². The van der Waals surface area contributed by atoms with Gasteiger partial charge in [-0.05, 0) is 30.5 Å². The van der Waals surface area contributed by atoms with Crippen molar-refractivity contribution in [3.63, 3.8) is 0 Å². The van der Waals surface area contributed by atoms with Crippen molar-refractivity contribution in [1.29, 1.82) is 0 Å². The van der Waals surface area contributed by atoms with E-state index in [0.29, 0.717) is 6.54 Å². The van der Waals surface area contributed by atoms with Gasteiger partial charge in [-0.15, -0.1) is 0 Å². The van der Waals surface area contributed by atoms with E-state index in [-0.39, 0.29) is 25.5 Å². The van der Waals surface area contributed by atoms with Gasteiger partial charge in [0.25, 0.3) is 0 Å². The molecule has 3 aromatic rings. The molecular weight excluding hydrogens is 398 g/mol. The number of anilines is 2. The van der Waals surface area contributed by atoms with E-state index in [4.69, 9.17) is 5.11 Å². The second-order valence-corrected chi connectivity index (χ2v) is 7.51. The monoisotopic (exact) mass is 421 g/mol. The molecule has 4 rings (SSSR count). The molecule has 0 aliphatic carbocycles. The van der Waals surface area contributed by atoms with Crippen LogP contribution in [0.1, 0.15) is 23.1 Å². The molecule has 9 nitrogen and oxygen atoms in total. The number of aromatic nitrogens is 3. The summed E-state index contributed by atoms with van der Waals surface area (Å²) in [6.45, 7) is 2.60. The summed E-state index contributed by atoms with van der Waals surface area (Å²) in [5.41, 5.74) is 5.83. The number of fused-ring (bicyclic) bond motifs is 1. The van der Waals surface area contributed by atoms with Gasteiger partial charge in [0.1, 0.15) is 0 Å². The van der Waals surface area contributed by atoms with Gasteiger partial charge in [0, 0.05) is 13.1 Å². The van der Waals surface area contributed by atoms with Gasteiger partial charge in [0.2, 0.25) is 5.95 Å². The number of benzene rings is 2. The highest BCUT2D eigenvalue weighted by atomic mass is 16.4. The third kappa shape index (κ3) is 4.35. The molecule has 9 heteroatoms. The Kier molecular flexibility index (Phi) is 5.57. The van der Waals surface area contributed by atoms with Crippen molar-refractivity contribution < 1.29 is 9.90 Å². The average molecular weight is 421 g/mol. The summed E-state index contributed by atoms with van der Waals surface area (Å²) >= 11 is 0. The van der Waals surface area contributed by atoms with E-state index in [0.717, 1.165) is 33.4 Å². The van der Waals surface area contributed by atoms with Crippen LogP contribution < -0.4 is 21.8 Å². The summed E-state index contributed by atoms with van der Waals surface area (Å²) in [4.78, 5) is 40.7. The lowest BCUT2D eigenvalue weighted by Crippen LogP contribution is -2.45. The number of carboxylic acid groups (broad SMARTS) is 1. The maximum atomic E-state index is 13.1. The largest absolute Gasteiger partial charge is 0.481 e. The van der Waals surface area contributed by atoms with Gasteiger partial charge in [-0.2, -0.15) is 4.98 Å². The number of hydrogen-bond donors (Lipinski definition) is 2. The minimum Gasteiger partial charge on any atom is -0.481 e. The lowest BCUT2D eigenvalue weighted by molar-refractivity contribution is -0.137. The number of carbonyl (C=O) groups is 1. The minimum absolute atomic E-state index is 0.124. The maximum Gasteiger partial charge on any atom is 0.354 e. The molecule has 0 fully saturated rings. The number of nitrogens with one attached hydrogen (secondary N) is 1. The zero-order valence-electron chi connectivity index (χ0n) is 17.1. The molecule has 1 aromatic heterocycles. The van der Waals surface area contributed by atoms with Gasteiger partial charge in [0.05, 0.1) is 18.7 Å². The second-order valence-electron chi connectivity index (χ2n) is 7.51. The molecule has 1 aliphatic rings. The Morgan fingerprint density at radius 2 is 1.84 bits per heavy atom. The van der Waals surface area contributed by atoms with Crippen LogP contribution in [0.15, 0.2) is 58.1 Å².